The van der Waals surface area contributed by atoms with Gasteiger partial charge in [0.15, 0.2) is 12.2 Å². The van der Waals surface area contributed by atoms with Crippen LogP contribution in [0.2, 0.25) is 0 Å². The Hall–Kier alpha value is -5.32. The molecule has 0 aromatic heterocycles. The first kappa shape index (κ1) is 98.7. The van der Waals surface area contributed by atoms with Gasteiger partial charge >= 0.3 is 39.5 Å². The highest BCUT2D eigenvalue weighted by Crippen LogP contribution is 2.45. The molecule has 0 aromatic carbocycles. The van der Waals surface area contributed by atoms with E-state index in [-0.39, 0.29) is 25.7 Å². The summed E-state index contributed by atoms with van der Waals surface area (Å²) in [6, 6.07) is 0. The highest BCUT2D eigenvalue weighted by molar-refractivity contribution is 7.47. The fourth-order valence-corrected chi connectivity index (χ4v) is 11.5. The molecular formula is C85H140O17P2. The lowest BCUT2D eigenvalue weighted by Crippen LogP contribution is -2.30. The fraction of sp³-hybridized carbons (Fsp3) is 0.647. The van der Waals surface area contributed by atoms with Crippen molar-refractivity contribution >= 4 is 39.5 Å². The number of phosphoric acid groups is 2. The molecule has 5 unspecified atom stereocenters. The number of hydrogen-bond acceptors (Lipinski definition) is 15. The van der Waals surface area contributed by atoms with Crippen LogP contribution in [0.1, 0.15) is 297 Å². The number of carbonyl (C=O) groups excluding carboxylic acids is 4. The number of esters is 4. The first-order valence-electron chi connectivity index (χ1n) is 39.7. The highest BCUT2D eigenvalue weighted by atomic mass is 31.2. The molecule has 5 atom stereocenters. The van der Waals surface area contributed by atoms with Gasteiger partial charge in [-0.05, 0) is 154 Å². The summed E-state index contributed by atoms with van der Waals surface area (Å²) in [6.45, 7) is 4.44. The minimum atomic E-state index is -5.00. The van der Waals surface area contributed by atoms with E-state index < -0.39 is 97.5 Å². The van der Waals surface area contributed by atoms with E-state index in [4.69, 9.17) is 37.0 Å². The summed E-state index contributed by atoms with van der Waals surface area (Å²) in [5, 5.41) is 10.6. The van der Waals surface area contributed by atoms with E-state index in [0.29, 0.717) is 32.1 Å². The maximum Gasteiger partial charge on any atom is 0.472 e. The van der Waals surface area contributed by atoms with Gasteiger partial charge in [-0.3, -0.25) is 37.3 Å². The van der Waals surface area contributed by atoms with Crippen LogP contribution in [0.3, 0.4) is 0 Å². The molecule has 3 N–H and O–H groups in total. The van der Waals surface area contributed by atoms with Crippen LogP contribution < -0.4 is 0 Å². The lowest BCUT2D eigenvalue weighted by Gasteiger charge is -2.21. The number of ether oxygens (including phenoxy) is 4. The van der Waals surface area contributed by atoms with Crippen molar-refractivity contribution in [3.63, 3.8) is 0 Å². The van der Waals surface area contributed by atoms with Crippen LogP contribution in [-0.4, -0.2) is 96.7 Å². The van der Waals surface area contributed by atoms with Gasteiger partial charge in [-0.15, -0.1) is 0 Å². The molecule has 0 spiro atoms. The Morgan fingerprint density at radius 1 is 0.279 bits per heavy atom. The number of aliphatic hydroxyl groups excluding tert-OH is 1. The summed E-state index contributed by atoms with van der Waals surface area (Å²) in [4.78, 5) is 72.9. The standard InChI is InChI=1S/C85H140O17P2/c1-5-9-13-17-21-25-29-32-35-37-39-41-44-46-50-53-57-61-65-69-82(87)95-75-80(101-84(89)71-67-63-59-55-49-28-24-20-16-12-8-4)77-99-103(91,92)97-73-79(86)74-98-104(93,94)100-78-81(102-85(90)72-68-64-60-56-52-48-43-34-31-27-23-19-15-11-7-3)76-96-83(88)70-66-62-58-54-51-47-45-42-40-38-36-33-30-26-22-18-14-10-6-2/h10-11,14-15,20-27,32-36,39-43,47,51,58,62,79-81,86H,5-9,12-13,16-19,28-31,37-38,44-46,48-50,52-57,59-61,63-78H2,1-4H3,(H,91,92)(H,93,94)/b14-10-,15-11-,24-20-,25-21-,26-22-,27-23-,35-32-,36-33-,41-39-,42-40-,43-34-,51-47-,62-58-. The van der Waals surface area contributed by atoms with Crippen molar-refractivity contribution in [1.82, 2.24) is 0 Å². The Bertz CT molecular complexity index is 2590. The summed E-state index contributed by atoms with van der Waals surface area (Å²) in [7, 11) is -10.00. The largest absolute Gasteiger partial charge is 0.472 e. The van der Waals surface area contributed by atoms with Crippen molar-refractivity contribution in [1.29, 1.82) is 0 Å². The van der Waals surface area contributed by atoms with E-state index >= 15 is 0 Å². The minimum Gasteiger partial charge on any atom is -0.462 e. The predicted octanol–water partition coefficient (Wildman–Crippen LogP) is 23.2. The summed E-state index contributed by atoms with van der Waals surface area (Å²) in [6.07, 6.45) is 88.2. The maximum atomic E-state index is 13.1. The van der Waals surface area contributed by atoms with Crippen molar-refractivity contribution in [3.05, 3.63) is 158 Å². The average molecular weight is 1500 g/mol. The molecule has 19 heteroatoms. The Morgan fingerprint density at radius 2 is 0.529 bits per heavy atom. The van der Waals surface area contributed by atoms with Crippen molar-refractivity contribution in [2.75, 3.05) is 39.6 Å². The van der Waals surface area contributed by atoms with Crippen LogP contribution >= 0.6 is 15.6 Å². The molecule has 0 aliphatic rings. The Kier molecular flexibility index (Phi) is 72.0. The minimum absolute atomic E-state index is 0.0270. The normalized spacial score (nSPS) is 14.7. The number of unbranched alkanes of at least 4 members (excludes halogenated alkanes) is 21. The van der Waals surface area contributed by atoms with Crippen LogP contribution in [0, 0.1) is 0 Å². The molecule has 0 rings (SSSR count). The van der Waals surface area contributed by atoms with E-state index in [9.17, 15) is 43.2 Å². The van der Waals surface area contributed by atoms with Crippen LogP contribution in [-0.2, 0) is 65.4 Å². The topological polar surface area (TPSA) is 237 Å². The monoisotopic (exact) mass is 1490 g/mol. The van der Waals surface area contributed by atoms with Crippen LogP contribution in [0.15, 0.2) is 158 Å². The molecule has 0 aromatic rings. The molecule has 0 saturated carbocycles. The first-order chi connectivity index (χ1) is 50.7. The van der Waals surface area contributed by atoms with Gasteiger partial charge in [0.25, 0.3) is 0 Å². The number of carbonyl (C=O) groups is 4. The zero-order valence-electron chi connectivity index (χ0n) is 64.6. The maximum absolute atomic E-state index is 13.1. The number of phosphoric ester groups is 2. The van der Waals surface area contributed by atoms with Gasteiger partial charge in [0.2, 0.25) is 0 Å². The van der Waals surface area contributed by atoms with Gasteiger partial charge in [-0.25, -0.2) is 9.13 Å². The smallest absolute Gasteiger partial charge is 0.462 e. The summed E-state index contributed by atoms with van der Waals surface area (Å²) in [5.74, 6) is -2.32. The molecule has 0 bridgehead atoms. The zero-order valence-corrected chi connectivity index (χ0v) is 66.4. The quantitative estimate of drug-likeness (QED) is 0.0169. The van der Waals surface area contributed by atoms with Crippen LogP contribution in [0.5, 0.6) is 0 Å². The van der Waals surface area contributed by atoms with Crippen molar-refractivity contribution in [3.8, 4) is 0 Å². The average Bonchev–Trinajstić information content (AvgIpc) is 0.929. The second kappa shape index (κ2) is 75.9. The Morgan fingerprint density at radius 3 is 0.865 bits per heavy atom. The molecular weight excluding hydrogens is 1350 g/mol. The van der Waals surface area contributed by atoms with Crippen molar-refractivity contribution < 1.29 is 80.2 Å². The molecule has 592 valence electrons. The second-order valence-corrected chi connectivity index (χ2v) is 28.8. The second-order valence-electron chi connectivity index (χ2n) is 25.9. The Labute approximate surface area is 629 Å². The number of aliphatic hydroxyl groups is 1. The number of hydrogen-bond donors (Lipinski definition) is 3. The summed E-state index contributed by atoms with van der Waals surface area (Å²) < 4.78 is 68.4. The molecule has 0 heterocycles. The summed E-state index contributed by atoms with van der Waals surface area (Å²) in [5.41, 5.74) is 0. The fourth-order valence-electron chi connectivity index (χ4n) is 9.95. The number of rotatable bonds is 73. The lowest BCUT2D eigenvalue weighted by atomic mass is 10.1. The molecule has 104 heavy (non-hydrogen) atoms. The van der Waals surface area contributed by atoms with Crippen LogP contribution in [0.25, 0.3) is 0 Å². The van der Waals surface area contributed by atoms with E-state index in [0.717, 1.165) is 180 Å². The predicted molar refractivity (Wildman–Crippen MR) is 427 cm³/mol. The SMILES string of the molecule is CC/C=C\C/C=C\C/C=C\C/C=C\C/C=C\C/C=C\CCC(=O)OCC(COP(=O)(O)OCC(O)COP(=O)(O)OCC(COC(=O)CCCCCCCC/C=C\C/C=C\C/C=C\CCCCC)OC(=O)CCCCCCC/C=C\CCCC)OC(=O)CCCCCCC/C=C\C/C=C\C/C=C\CC. The van der Waals surface area contributed by atoms with Crippen molar-refractivity contribution in [2.45, 2.75) is 316 Å². The lowest BCUT2D eigenvalue weighted by molar-refractivity contribution is -0.161. The van der Waals surface area contributed by atoms with E-state index in [2.05, 4.69) is 167 Å². The van der Waals surface area contributed by atoms with Gasteiger partial charge < -0.3 is 33.8 Å². The van der Waals surface area contributed by atoms with E-state index in [1.165, 1.54) is 32.1 Å². The summed E-state index contributed by atoms with van der Waals surface area (Å²) >= 11 is 0. The highest BCUT2D eigenvalue weighted by Gasteiger charge is 2.30. The molecule has 0 fully saturated rings. The van der Waals surface area contributed by atoms with Gasteiger partial charge in [0.05, 0.1) is 26.4 Å². The van der Waals surface area contributed by atoms with Gasteiger partial charge in [-0.1, -0.05) is 276 Å². The number of allylic oxidation sites excluding steroid dienone is 26. The Balaban J connectivity index is 5.41. The molecule has 0 amide bonds. The third-order valence-electron chi connectivity index (χ3n) is 16.0. The molecule has 0 aliphatic heterocycles. The van der Waals surface area contributed by atoms with Crippen molar-refractivity contribution in [2.24, 2.45) is 0 Å². The zero-order chi connectivity index (χ0) is 76.0. The van der Waals surface area contributed by atoms with Gasteiger partial charge in [-0.2, -0.15) is 0 Å². The third kappa shape index (κ3) is 74.9. The van der Waals surface area contributed by atoms with E-state index in [1.807, 2.05) is 18.2 Å². The van der Waals surface area contributed by atoms with Gasteiger partial charge in [0.1, 0.15) is 19.3 Å². The van der Waals surface area contributed by atoms with E-state index in [1.54, 1.807) is 0 Å². The molecule has 0 aliphatic carbocycles. The van der Waals surface area contributed by atoms with Gasteiger partial charge in [0, 0.05) is 25.7 Å². The van der Waals surface area contributed by atoms with Crippen LogP contribution in [0.4, 0.5) is 0 Å². The molecule has 0 saturated heterocycles. The third-order valence-corrected chi connectivity index (χ3v) is 17.9. The molecule has 17 nitrogen and oxygen atoms in total. The first-order valence-corrected chi connectivity index (χ1v) is 42.7. The molecule has 0 radical (unpaired) electrons.